The summed E-state index contributed by atoms with van der Waals surface area (Å²) in [7, 11) is 1.70. The van der Waals surface area contributed by atoms with Gasteiger partial charge in [0.1, 0.15) is 5.75 Å². The molecule has 0 bridgehead atoms. The van der Waals surface area contributed by atoms with Crippen molar-refractivity contribution in [1.82, 2.24) is 15.5 Å². The molecular weight excluding hydrogens is 436 g/mol. The topological polar surface area (TPSA) is 56.8 Å². The molecule has 186 valence electrons. The molecule has 1 amide bonds. The highest BCUT2D eigenvalue weighted by Gasteiger charge is 2.42. The van der Waals surface area contributed by atoms with E-state index in [-0.39, 0.29) is 18.3 Å². The highest BCUT2D eigenvalue weighted by molar-refractivity contribution is 5.85. The van der Waals surface area contributed by atoms with Crippen molar-refractivity contribution in [2.45, 2.75) is 51.4 Å². The molecule has 2 heterocycles. The van der Waals surface area contributed by atoms with Gasteiger partial charge in [0, 0.05) is 51.4 Å². The van der Waals surface area contributed by atoms with Crippen LogP contribution in [0.1, 0.15) is 51.4 Å². The number of carbonyl (C=O) groups is 1. The van der Waals surface area contributed by atoms with Crippen molar-refractivity contribution < 1.29 is 9.53 Å². The van der Waals surface area contributed by atoms with Crippen LogP contribution in [0.2, 0.25) is 0 Å². The van der Waals surface area contributed by atoms with Crippen LogP contribution in [0.4, 0.5) is 5.69 Å². The van der Waals surface area contributed by atoms with Gasteiger partial charge in [-0.15, -0.1) is 12.4 Å². The fourth-order valence-corrected chi connectivity index (χ4v) is 6.05. The monoisotopic (exact) mass is 478 g/mol. The van der Waals surface area contributed by atoms with Crippen molar-refractivity contribution >= 4 is 24.0 Å². The Morgan fingerprint density at radius 2 is 1.85 bits per heavy atom. The van der Waals surface area contributed by atoms with E-state index in [9.17, 15) is 4.79 Å². The van der Waals surface area contributed by atoms with Gasteiger partial charge in [-0.3, -0.25) is 9.69 Å². The van der Waals surface area contributed by atoms with Crippen LogP contribution in [0.15, 0.2) is 24.3 Å². The summed E-state index contributed by atoms with van der Waals surface area (Å²) in [6.07, 6.45) is 9.63. The SMILES string of the molecule is COc1ccc(N2CCN(CCCNC(=O)CCC3CNCC34CCCCC4)CC2)cc1.Cl. The molecule has 2 saturated heterocycles. The lowest BCUT2D eigenvalue weighted by Crippen LogP contribution is -2.47. The van der Waals surface area contributed by atoms with Crippen LogP contribution in [0.5, 0.6) is 5.75 Å². The normalized spacial score (nSPS) is 22.7. The minimum absolute atomic E-state index is 0. The van der Waals surface area contributed by atoms with Crippen LogP contribution in [0.3, 0.4) is 0 Å². The number of halogens is 1. The fourth-order valence-electron chi connectivity index (χ4n) is 6.05. The minimum atomic E-state index is 0. The quantitative estimate of drug-likeness (QED) is 0.530. The van der Waals surface area contributed by atoms with E-state index in [1.807, 2.05) is 12.1 Å². The Bertz CT molecular complexity index is 716. The molecule has 3 aliphatic rings. The molecule has 1 atom stereocenters. The van der Waals surface area contributed by atoms with E-state index in [0.29, 0.717) is 17.8 Å². The average molecular weight is 479 g/mol. The van der Waals surface area contributed by atoms with E-state index in [1.54, 1.807) is 7.11 Å². The van der Waals surface area contributed by atoms with Gasteiger partial charge in [-0.05, 0) is 74.4 Å². The predicted molar refractivity (Wildman–Crippen MR) is 138 cm³/mol. The summed E-state index contributed by atoms with van der Waals surface area (Å²) in [5.74, 6) is 1.84. The van der Waals surface area contributed by atoms with Gasteiger partial charge in [0.25, 0.3) is 0 Å². The number of piperazine rings is 1. The number of benzene rings is 1. The molecule has 2 aliphatic heterocycles. The number of methoxy groups -OCH3 is 1. The van der Waals surface area contributed by atoms with E-state index in [1.165, 1.54) is 44.3 Å². The third-order valence-corrected chi connectivity index (χ3v) is 8.09. The molecule has 0 aromatic heterocycles. The molecule has 1 aliphatic carbocycles. The van der Waals surface area contributed by atoms with Gasteiger partial charge in [-0.25, -0.2) is 0 Å². The molecule has 1 saturated carbocycles. The molecular formula is C26H43ClN4O2. The summed E-state index contributed by atoms with van der Waals surface area (Å²) < 4.78 is 5.25. The lowest BCUT2D eigenvalue weighted by molar-refractivity contribution is -0.121. The zero-order valence-corrected chi connectivity index (χ0v) is 21.1. The second kappa shape index (κ2) is 12.8. The van der Waals surface area contributed by atoms with Gasteiger partial charge < -0.3 is 20.3 Å². The number of carbonyl (C=O) groups excluding carboxylic acids is 1. The summed E-state index contributed by atoms with van der Waals surface area (Å²) in [4.78, 5) is 17.4. The Morgan fingerprint density at radius 1 is 1.12 bits per heavy atom. The van der Waals surface area contributed by atoms with Crippen LogP contribution >= 0.6 is 12.4 Å². The van der Waals surface area contributed by atoms with Gasteiger partial charge >= 0.3 is 0 Å². The average Bonchev–Trinajstić information content (AvgIpc) is 3.22. The van der Waals surface area contributed by atoms with Crippen LogP contribution < -0.4 is 20.3 Å². The molecule has 3 fully saturated rings. The van der Waals surface area contributed by atoms with Crippen molar-refractivity contribution in [2.75, 3.05) is 64.4 Å². The van der Waals surface area contributed by atoms with E-state index < -0.39 is 0 Å². The Hall–Kier alpha value is -1.50. The summed E-state index contributed by atoms with van der Waals surface area (Å²) >= 11 is 0. The van der Waals surface area contributed by atoms with Gasteiger partial charge in [-0.2, -0.15) is 0 Å². The minimum Gasteiger partial charge on any atom is -0.497 e. The maximum Gasteiger partial charge on any atom is 0.220 e. The van der Waals surface area contributed by atoms with Crippen molar-refractivity contribution in [2.24, 2.45) is 11.3 Å². The van der Waals surface area contributed by atoms with E-state index in [0.717, 1.165) is 64.4 Å². The van der Waals surface area contributed by atoms with Crippen molar-refractivity contribution in [3.63, 3.8) is 0 Å². The van der Waals surface area contributed by atoms with Gasteiger partial charge in [0.15, 0.2) is 0 Å². The second-order valence-corrected chi connectivity index (χ2v) is 10.0. The third kappa shape index (κ3) is 7.00. The number of hydrogen-bond donors (Lipinski definition) is 2. The largest absolute Gasteiger partial charge is 0.497 e. The first kappa shape index (κ1) is 26.1. The first-order valence-electron chi connectivity index (χ1n) is 12.8. The highest BCUT2D eigenvalue weighted by Crippen LogP contribution is 2.46. The molecule has 1 spiro atoms. The molecule has 33 heavy (non-hydrogen) atoms. The smallest absolute Gasteiger partial charge is 0.220 e. The zero-order valence-electron chi connectivity index (χ0n) is 20.3. The molecule has 0 radical (unpaired) electrons. The number of amides is 1. The summed E-state index contributed by atoms with van der Waals surface area (Å²) in [5, 5.41) is 6.79. The summed E-state index contributed by atoms with van der Waals surface area (Å²) in [6.45, 7) is 8.40. The Labute approximate surface area is 206 Å². The van der Waals surface area contributed by atoms with Gasteiger partial charge in [0.2, 0.25) is 5.91 Å². The maximum atomic E-state index is 12.4. The van der Waals surface area contributed by atoms with Crippen LogP contribution in [0, 0.1) is 11.3 Å². The first-order valence-corrected chi connectivity index (χ1v) is 12.8. The number of rotatable bonds is 9. The number of hydrogen-bond acceptors (Lipinski definition) is 5. The van der Waals surface area contributed by atoms with Crippen LogP contribution in [-0.4, -0.2) is 70.3 Å². The Morgan fingerprint density at radius 3 is 2.55 bits per heavy atom. The third-order valence-electron chi connectivity index (χ3n) is 8.09. The van der Waals surface area contributed by atoms with Gasteiger partial charge in [-0.1, -0.05) is 19.3 Å². The molecule has 1 aromatic carbocycles. The van der Waals surface area contributed by atoms with E-state index in [4.69, 9.17) is 4.74 Å². The lowest BCUT2D eigenvalue weighted by atomic mass is 9.66. The molecule has 2 N–H and O–H groups in total. The number of nitrogens with one attached hydrogen (secondary N) is 2. The summed E-state index contributed by atoms with van der Waals surface area (Å²) in [6, 6.07) is 8.34. The summed E-state index contributed by atoms with van der Waals surface area (Å²) in [5.41, 5.74) is 1.76. The molecule has 1 aromatic rings. The Balaban J connectivity index is 0.00000306. The molecule has 7 heteroatoms. The zero-order chi connectivity index (χ0) is 22.2. The molecule has 1 unspecified atom stereocenters. The van der Waals surface area contributed by atoms with E-state index >= 15 is 0 Å². The highest BCUT2D eigenvalue weighted by atomic mass is 35.5. The van der Waals surface area contributed by atoms with Gasteiger partial charge in [0.05, 0.1) is 7.11 Å². The molecule has 4 rings (SSSR count). The van der Waals surface area contributed by atoms with E-state index in [2.05, 4.69) is 32.6 Å². The first-order chi connectivity index (χ1) is 15.7. The van der Waals surface area contributed by atoms with Crippen molar-refractivity contribution in [1.29, 1.82) is 0 Å². The number of nitrogens with zero attached hydrogens (tertiary/aromatic N) is 2. The number of anilines is 1. The maximum absolute atomic E-state index is 12.4. The van der Waals surface area contributed by atoms with Crippen molar-refractivity contribution in [3.05, 3.63) is 24.3 Å². The standard InChI is InChI=1S/C26H42N4O2.ClH/c1-32-24-9-7-23(8-10-24)30-18-16-29(17-19-30)15-5-14-28-25(31)11-6-22-20-27-21-26(22)12-3-2-4-13-26;/h7-10,22,27H,2-6,11-21H2,1H3,(H,28,31);1H. The lowest BCUT2D eigenvalue weighted by Gasteiger charge is -2.38. The van der Waals surface area contributed by atoms with Crippen LogP contribution in [0.25, 0.3) is 0 Å². The second-order valence-electron chi connectivity index (χ2n) is 10.0. The van der Waals surface area contributed by atoms with Crippen molar-refractivity contribution in [3.8, 4) is 5.75 Å². The Kier molecular flexibility index (Phi) is 10.1. The predicted octanol–water partition coefficient (Wildman–Crippen LogP) is 3.70. The molecule has 6 nitrogen and oxygen atoms in total. The van der Waals surface area contributed by atoms with Crippen LogP contribution in [-0.2, 0) is 4.79 Å². The number of ether oxygens (including phenoxy) is 1. The fraction of sp³-hybridized carbons (Fsp3) is 0.731.